The smallest absolute Gasteiger partial charge is 0.213 e. The Bertz CT molecular complexity index is 513. The van der Waals surface area contributed by atoms with Gasteiger partial charge in [0, 0.05) is 17.6 Å². The maximum absolute atomic E-state index is 5.83. The number of alkyl halides is 1. The first kappa shape index (κ1) is 13.9. The second kappa shape index (κ2) is 7.15. The van der Waals surface area contributed by atoms with Gasteiger partial charge >= 0.3 is 0 Å². The monoisotopic (exact) mass is 275 g/mol. The van der Waals surface area contributed by atoms with Gasteiger partial charge in [-0.15, -0.1) is 11.6 Å². The highest BCUT2D eigenvalue weighted by Crippen LogP contribution is 2.14. The minimum absolute atomic E-state index is 0.490. The number of hydrogen-bond acceptors (Lipinski definition) is 2. The fourth-order valence-corrected chi connectivity index (χ4v) is 2.11. The van der Waals surface area contributed by atoms with E-state index in [1.807, 2.05) is 25.1 Å². The highest BCUT2D eigenvalue weighted by molar-refractivity contribution is 6.17. The number of halogens is 1. The molecule has 19 heavy (non-hydrogen) atoms. The van der Waals surface area contributed by atoms with E-state index >= 15 is 0 Å². The number of nitrogens with zero attached hydrogens (tertiary/aromatic N) is 1. The van der Waals surface area contributed by atoms with E-state index in [1.165, 1.54) is 5.56 Å². The van der Waals surface area contributed by atoms with Gasteiger partial charge in [-0.1, -0.05) is 30.3 Å². The van der Waals surface area contributed by atoms with Crippen molar-refractivity contribution in [1.29, 1.82) is 0 Å². The molecule has 0 atom stereocenters. The van der Waals surface area contributed by atoms with Gasteiger partial charge in [-0.25, -0.2) is 4.98 Å². The zero-order valence-corrected chi connectivity index (χ0v) is 11.9. The van der Waals surface area contributed by atoms with Crippen molar-refractivity contribution < 1.29 is 4.74 Å². The topological polar surface area (TPSA) is 22.1 Å². The first-order valence-electron chi connectivity index (χ1n) is 6.48. The predicted molar refractivity (Wildman–Crippen MR) is 78.8 cm³/mol. The van der Waals surface area contributed by atoms with Gasteiger partial charge in [-0.05, 0) is 37.0 Å². The average Bonchev–Trinajstić information content (AvgIpc) is 2.44. The van der Waals surface area contributed by atoms with E-state index in [4.69, 9.17) is 16.3 Å². The molecule has 3 heteroatoms. The van der Waals surface area contributed by atoms with Crippen LogP contribution in [0.3, 0.4) is 0 Å². The Morgan fingerprint density at radius 2 is 1.89 bits per heavy atom. The normalized spacial score (nSPS) is 10.4. The minimum Gasteiger partial charge on any atom is -0.478 e. The van der Waals surface area contributed by atoms with Crippen LogP contribution in [0.4, 0.5) is 0 Å². The summed E-state index contributed by atoms with van der Waals surface area (Å²) in [5, 5.41) is 0. The van der Waals surface area contributed by atoms with Crippen molar-refractivity contribution in [3.8, 4) is 5.88 Å². The molecule has 100 valence electrons. The molecule has 1 aromatic carbocycles. The fraction of sp³-hybridized carbons (Fsp3) is 0.312. The summed E-state index contributed by atoms with van der Waals surface area (Å²) in [6.45, 7) is 2.62. The van der Waals surface area contributed by atoms with Crippen LogP contribution in [0.5, 0.6) is 5.88 Å². The molecule has 0 bridgehead atoms. The Labute approximate surface area is 119 Å². The van der Waals surface area contributed by atoms with Crippen molar-refractivity contribution in [2.24, 2.45) is 0 Å². The Balaban J connectivity index is 1.81. The molecule has 0 aliphatic carbocycles. The Morgan fingerprint density at radius 3 is 2.63 bits per heavy atom. The van der Waals surface area contributed by atoms with Gasteiger partial charge < -0.3 is 4.74 Å². The Morgan fingerprint density at radius 1 is 1.11 bits per heavy atom. The van der Waals surface area contributed by atoms with Crippen LogP contribution in [0.2, 0.25) is 0 Å². The summed E-state index contributed by atoms with van der Waals surface area (Å²) in [5.41, 5.74) is 3.33. The van der Waals surface area contributed by atoms with Gasteiger partial charge in [0.15, 0.2) is 0 Å². The highest BCUT2D eigenvalue weighted by atomic mass is 35.5. The fourth-order valence-electron chi connectivity index (χ4n) is 1.96. The van der Waals surface area contributed by atoms with Crippen molar-refractivity contribution in [3.05, 3.63) is 59.3 Å². The predicted octanol–water partition coefficient (Wildman–Crippen LogP) is 4.14. The van der Waals surface area contributed by atoms with Crippen LogP contribution in [0, 0.1) is 6.92 Å². The average molecular weight is 276 g/mol. The van der Waals surface area contributed by atoms with E-state index in [0.29, 0.717) is 18.4 Å². The van der Waals surface area contributed by atoms with E-state index in [-0.39, 0.29) is 0 Å². The lowest BCUT2D eigenvalue weighted by atomic mass is 10.1. The van der Waals surface area contributed by atoms with Crippen molar-refractivity contribution in [2.75, 3.05) is 6.61 Å². The van der Waals surface area contributed by atoms with E-state index in [9.17, 15) is 0 Å². The molecule has 2 aromatic rings. The van der Waals surface area contributed by atoms with Crippen molar-refractivity contribution in [1.82, 2.24) is 4.98 Å². The van der Waals surface area contributed by atoms with Crippen LogP contribution in [-0.4, -0.2) is 11.6 Å². The van der Waals surface area contributed by atoms with Crippen LogP contribution in [-0.2, 0) is 12.3 Å². The summed E-state index contributed by atoms with van der Waals surface area (Å²) in [4.78, 5) is 4.35. The van der Waals surface area contributed by atoms with Gasteiger partial charge in [0.05, 0.1) is 6.61 Å². The number of ether oxygens (including phenoxy) is 1. The van der Waals surface area contributed by atoms with Gasteiger partial charge in [-0.3, -0.25) is 0 Å². The summed E-state index contributed by atoms with van der Waals surface area (Å²) in [6, 6.07) is 14.3. The molecule has 0 unspecified atom stereocenters. The third kappa shape index (κ3) is 4.56. The van der Waals surface area contributed by atoms with Crippen LogP contribution >= 0.6 is 11.6 Å². The summed E-state index contributed by atoms with van der Waals surface area (Å²) in [7, 11) is 0. The SMILES string of the molecule is Cc1cc(CCl)cc(OCCCc2ccccc2)n1. The summed E-state index contributed by atoms with van der Waals surface area (Å²) >= 11 is 5.83. The minimum atomic E-state index is 0.490. The number of benzene rings is 1. The summed E-state index contributed by atoms with van der Waals surface area (Å²) in [5.74, 6) is 1.16. The number of aryl methyl sites for hydroxylation is 2. The molecule has 0 N–H and O–H groups in total. The quantitative estimate of drug-likeness (QED) is 0.584. The molecule has 0 aliphatic rings. The number of hydrogen-bond donors (Lipinski definition) is 0. The Kier molecular flexibility index (Phi) is 5.22. The zero-order chi connectivity index (χ0) is 13.5. The lowest BCUT2D eigenvalue weighted by Gasteiger charge is -2.07. The van der Waals surface area contributed by atoms with Crippen LogP contribution in [0.25, 0.3) is 0 Å². The largest absolute Gasteiger partial charge is 0.478 e. The van der Waals surface area contributed by atoms with E-state index in [1.54, 1.807) is 0 Å². The molecule has 0 saturated heterocycles. The summed E-state index contributed by atoms with van der Waals surface area (Å²) < 4.78 is 5.68. The third-order valence-corrected chi connectivity index (χ3v) is 3.16. The molecule has 2 nitrogen and oxygen atoms in total. The number of pyridine rings is 1. The molecule has 0 fully saturated rings. The molecule has 0 aliphatic heterocycles. The maximum Gasteiger partial charge on any atom is 0.213 e. The first-order chi connectivity index (χ1) is 9.28. The molecule has 0 amide bonds. The standard InChI is InChI=1S/C16H18ClNO/c1-13-10-15(12-17)11-16(18-13)19-9-5-8-14-6-3-2-4-7-14/h2-4,6-7,10-11H,5,8-9,12H2,1H3. The van der Waals surface area contributed by atoms with E-state index in [0.717, 1.165) is 24.1 Å². The van der Waals surface area contributed by atoms with Crippen LogP contribution < -0.4 is 4.74 Å². The third-order valence-electron chi connectivity index (χ3n) is 2.85. The van der Waals surface area contributed by atoms with Crippen LogP contribution in [0.15, 0.2) is 42.5 Å². The molecular formula is C16H18ClNO. The first-order valence-corrected chi connectivity index (χ1v) is 7.01. The molecule has 0 radical (unpaired) electrons. The van der Waals surface area contributed by atoms with Gasteiger partial charge in [0.25, 0.3) is 0 Å². The van der Waals surface area contributed by atoms with Crippen LogP contribution in [0.1, 0.15) is 23.2 Å². The van der Waals surface area contributed by atoms with Crippen molar-refractivity contribution >= 4 is 11.6 Å². The van der Waals surface area contributed by atoms with Gasteiger partial charge in [0.2, 0.25) is 5.88 Å². The summed E-state index contributed by atoms with van der Waals surface area (Å²) in [6.07, 6.45) is 2.00. The second-order valence-electron chi connectivity index (χ2n) is 4.53. The zero-order valence-electron chi connectivity index (χ0n) is 11.1. The lowest BCUT2D eigenvalue weighted by Crippen LogP contribution is -2.02. The van der Waals surface area contributed by atoms with Crippen molar-refractivity contribution in [2.45, 2.75) is 25.6 Å². The molecule has 0 spiro atoms. The Hall–Kier alpha value is -1.54. The highest BCUT2D eigenvalue weighted by Gasteiger charge is 2.01. The van der Waals surface area contributed by atoms with Crippen molar-refractivity contribution in [3.63, 3.8) is 0 Å². The number of rotatable bonds is 6. The lowest BCUT2D eigenvalue weighted by molar-refractivity contribution is 0.298. The molecule has 1 aromatic heterocycles. The molecule has 0 saturated carbocycles. The number of aromatic nitrogens is 1. The molecular weight excluding hydrogens is 258 g/mol. The van der Waals surface area contributed by atoms with E-state index < -0.39 is 0 Å². The van der Waals surface area contributed by atoms with E-state index in [2.05, 4.69) is 29.2 Å². The maximum atomic E-state index is 5.83. The van der Waals surface area contributed by atoms with Gasteiger partial charge in [0.1, 0.15) is 0 Å². The molecule has 1 heterocycles. The second-order valence-corrected chi connectivity index (χ2v) is 4.79. The molecule has 2 rings (SSSR count). The van der Waals surface area contributed by atoms with Gasteiger partial charge in [-0.2, -0.15) is 0 Å².